The van der Waals surface area contributed by atoms with Crippen molar-refractivity contribution in [2.45, 2.75) is 19.8 Å². The molecule has 0 aliphatic heterocycles. The first-order valence-electron chi connectivity index (χ1n) is 5.70. The number of benzene rings is 1. The van der Waals surface area contributed by atoms with Crippen molar-refractivity contribution < 1.29 is 14.4 Å². The summed E-state index contributed by atoms with van der Waals surface area (Å²) < 4.78 is 0. The molecule has 1 aromatic carbocycles. The Bertz CT molecular complexity index is 421. The topological polar surface area (TPSA) is 55.4 Å². The molecule has 0 spiro atoms. The Balaban J connectivity index is 1.76. The van der Waals surface area contributed by atoms with E-state index >= 15 is 0 Å². The second-order valence-corrected chi connectivity index (χ2v) is 4.32. The van der Waals surface area contributed by atoms with Crippen molar-refractivity contribution in [3.8, 4) is 0 Å². The van der Waals surface area contributed by atoms with Gasteiger partial charge in [-0.2, -0.15) is 0 Å². The lowest BCUT2D eigenvalue weighted by molar-refractivity contribution is -0.121. The number of carbonyl (C=O) groups excluding carboxylic acids is 2. The second-order valence-electron chi connectivity index (χ2n) is 4.32. The van der Waals surface area contributed by atoms with Gasteiger partial charge in [0.15, 0.2) is 5.78 Å². The van der Waals surface area contributed by atoms with Crippen molar-refractivity contribution in [2.75, 3.05) is 6.54 Å². The van der Waals surface area contributed by atoms with Gasteiger partial charge in [0.2, 0.25) is 0 Å². The standard InChI is InChI=1S/C13H15NO3/c1-9-2-4-11(5-3-9)13(16)17-14-8-12(15)10-6-7-10/h2-5,10,14H,6-8H2,1H3. The van der Waals surface area contributed by atoms with E-state index in [-0.39, 0.29) is 18.2 Å². The van der Waals surface area contributed by atoms with E-state index in [4.69, 9.17) is 4.84 Å². The summed E-state index contributed by atoms with van der Waals surface area (Å²) in [5.74, 6) is -0.170. The van der Waals surface area contributed by atoms with Gasteiger partial charge in [-0.1, -0.05) is 17.7 Å². The van der Waals surface area contributed by atoms with E-state index in [1.165, 1.54) is 0 Å². The molecule has 1 aliphatic carbocycles. The van der Waals surface area contributed by atoms with Gasteiger partial charge in [-0.25, -0.2) is 4.79 Å². The Hall–Kier alpha value is -1.68. The fourth-order valence-electron chi connectivity index (χ4n) is 1.47. The van der Waals surface area contributed by atoms with E-state index in [0.717, 1.165) is 18.4 Å². The van der Waals surface area contributed by atoms with Crippen molar-refractivity contribution in [1.29, 1.82) is 0 Å². The van der Waals surface area contributed by atoms with E-state index in [9.17, 15) is 9.59 Å². The molecule has 4 heteroatoms. The molecule has 4 nitrogen and oxygen atoms in total. The highest BCUT2D eigenvalue weighted by Gasteiger charge is 2.29. The van der Waals surface area contributed by atoms with Crippen LogP contribution in [0.15, 0.2) is 24.3 Å². The van der Waals surface area contributed by atoms with Gasteiger partial charge < -0.3 is 4.84 Å². The minimum Gasteiger partial charge on any atom is -0.366 e. The molecule has 1 N–H and O–H groups in total. The summed E-state index contributed by atoms with van der Waals surface area (Å²) in [6, 6.07) is 7.07. The monoisotopic (exact) mass is 233 g/mol. The Morgan fingerprint density at radius 3 is 2.53 bits per heavy atom. The molecule has 1 aliphatic rings. The number of aryl methyl sites for hydroxylation is 1. The SMILES string of the molecule is Cc1ccc(C(=O)ONCC(=O)C2CC2)cc1. The Labute approximate surface area is 99.9 Å². The average molecular weight is 233 g/mol. The van der Waals surface area contributed by atoms with Gasteiger partial charge in [0.05, 0.1) is 12.1 Å². The van der Waals surface area contributed by atoms with Gasteiger partial charge in [0.1, 0.15) is 0 Å². The highest BCUT2D eigenvalue weighted by atomic mass is 16.7. The van der Waals surface area contributed by atoms with Crippen LogP contribution >= 0.6 is 0 Å². The van der Waals surface area contributed by atoms with Crippen molar-refractivity contribution in [2.24, 2.45) is 5.92 Å². The van der Waals surface area contributed by atoms with Crippen LogP contribution in [-0.2, 0) is 9.63 Å². The summed E-state index contributed by atoms with van der Waals surface area (Å²) >= 11 is 0. The normalized spacial score (nSPS) is 14.4. The third-order valence-corrected chi connectivity index (χ3v) is 2.73. The highest BCUT2D eigenvalue weighted by Crippen LogP contribution is 2.29. The maximum Gasteiger partial charge on any atom is 0.356 e. The van der Waals surface area contributed by atoms with Gasteiger partial charge >= 0.3 is 5.97 Å². The molecule has 0 bridgehead atoms. The predicted octanol–water partition coefficient (Wildman–Crippen LogP) is 1.64. The first-order chi connectivity index (χ1) is 8.16. The van der Waals surface area contributed by atoms with E-state index in [2.05, 4.69) is 5.48 Å². The molecule has 0 saturated heterocycles. The third-order valence-electron chi connectivity index (χ3n) is 2.73. The zero-order valence-corrected chi connectivity index (χ0v) is 9.73. The first-order valence-corrected chi connectivity index (χ1v) is 5.70. The van der Waals surface area contributed by atoms with Crippen LogP contribution < -0.4 is 5.48 Å². The summed E-state index contributed by atoms with van der Waals surface area (Å²) in [7, 11) is 0. The maximum absolute atomic E-state index is 11.5. The van der Waals surface area contributed by atoms with E-state index in [1.54, 1.807) is 12.1 Å². The molecule has 1 aromatic rings. The average Bonchev–Trinajstić information content (AvgIpc) is 3.13. The molecule has 1 fully saturated rings. The molecule has 0 heterocycles. The largest absolute Gasteiger partial charge is 0.366 e. The minimum absolute atomic E-state index is 0.0995. The lowest BCUT2D eigenvalue weighted by Crippen LogP contribution is -2.27. The summed E-state index contributed by atoms with van der Waals surface area (Å²) in [5.41, 5.74) is 3.98. The smallest absolute Gasteiger partial charge is 0.356 e. The van der Waals surface area contributed by atoms with Gasteiger partial charge in [-0.3, -0.25) is 4.79 Å². The van der Waals surface area contributed by atoms with Crippen LogP contribution in [0.25, 0.3) is 0 Å². The molecule has 0 aromatic heterocycles. The number of hydrogen-bond donors (Lipinski definition) is 1. The lowest BCUT2D eigenvalue weighted by Gasteiger charge is -2.04. The number of rotatable bonds is 5. The second kappa shape index (κ2) is 5.10. The van der Waals surface area contributed by atoms with Crippen LogP contribution in [-0.4, -0.2) is 18.3 Å². The first kappa shape index (κ1) is 11.8. The molecule has 1 saturated carbocycles. The van der Waals surface area contributed by atoms with Crippen molar-refractivity contribution in [3.63, 3.8) is 0 Å². The minimum atomic E-state index is -0.464. The van der Waals surface area contributed by atoms with Crippen LogP contribution in [0.2, 0.25) is 0 Å². The fourth-order valence-corrected chi connectivity index (χ4v) is 1.47. The molecule has 0 amide bonds. The Morgan fingerprint density at radius 1 is 1.29 bits per heavy atom. The van der Waals surface area contributed by atoms with Crippen molar-refractivity contribution >= 4 is 11.8 Å². The molecule has 0 unspecified atom stereocenters. The third kappa shape index (κ3) is 3.39. The quantitative estimate of drug-likeness (QED) is 0.785. The van der Waals surface area contributed by atoms with Gasteiger partial charge in [0, 0.05) is 5.92 Å². The van der Waals surface area contributed by atoms with E-state index < -0.39 is 5.97 Å². The zero-order chi connectivity index (χ0) is 12.3. The molecule has 2 rings (SSSR count). The van der Waals surface area contributed by atoms with E-state index in [0.29, 0.717) is 5.56 Å². The Morgan fingerprint density at radius 2 is 1.94 bits per heavy atom. The zero-order valence-electron chi connectivity index (χ0n) is 9.73. The Kier molecular flexibility index (Phi) is 3.54. The predicted molar refractivity (Wildman–Crippen MR) is 62.3 cm³/mol. The molecule has 0 atom stereocenters. The van der Waals surface area contributed by atoms with Crippen LogP contribution in [0.5, 0.6) is 0 Å². The summed E-state index contributed by atoms with van der Waals surface area (Å²) in [5, 5.41) is 0. The number of hydroxylamine groups is 1. The molecule has 90 valence electrons. The van der Waals surface area contributed by atoms with E-state index in [1.807, 2.05) is 19.1 Å². The van der Waals surface area contributed by atoms with Crippen molar-refractivity contribution in [3.05, 3.63) is 35.4 Å². The van der Waals surface area contributed by atoms with Gasteiger partial charge in [0.25, 0.3) is 0 Å². The summed E-state index contributed by atoms with van der Waals surface area (Å²) in [6.07, 6.45) is 1.93. The number of ketones is 1. The molecule has 0 radical (unpaired) electrons. The number of carbonyl (C=O) groups is 2. The highest BCUT2D eigenvalue weighted by molar-refractivity contribution is 5.89. The van der Waals surface area contributed by atoms with Crippen LogP contribution in [0.3, 0.4) is 0 Å². The molecular formula is C13H15NO3. The summed E-state index contributed by atoms with van der Waals surface area (Å²) in [4.78, 5) is 27.6. The maximum atomic E-state index is 11.5. The van der Waals surface area contributed by atoms with Gasteiger partial charge in [-0.05, 0) is 31.9 Å². The summed E-state index contributed by atoms with van der Waals surface area (Å²) in [6.45, 7) is 2.05. The fraction of sp³-hybridized carbons (Fsp3) is 0.385. The molecular weight excluding hydrogens is 218 g/mol. The number of hydrogen-bond acceptors (Lipinski definition) is 4. The van der Waals surface area contributed by atoms with Crippen molar-refractivity contribution in [1.82, 2.24) is 5.48 Å². The molecule has 17 heavy (non-hydrogen) atoms. The number of nitrogens with one attached hydrogen (secondary N) is 1. The van der Waals surface area contributed by atoms with Crippen LogP contribution in [0.4, 0.5) is 0 Å². The lowest BCUT2D eigenvalue weighted by atomic mass is 10.2. The van der Waals surface area contributed by atoms with Crippen LogP contribution in [0, 0.1) is 12.8 Å². The number of Topliss-reactive ketones (excluding diaryl/α,β-unsaturated/α-hetero) is 1. The van der Waals surface area contributed by atoms with Gasteiger partial charge in [-0.15, -0.1) is 5.48 Å². The van der Waals surface area contributed by atoms with Crippen LogP contribution in [0.1, 0.15) is 28.8 Å².